The predicted molar refractivity (Wildman–Crippen MR) is 71.3 cm³/mol. The van der Waals surface area contributed by atoms with Gasteiger partial charge in [-0.05, 0) is 63.4 Å². The third-order valence-corrected chi connectivity index (χ3v) is 3.67. The van der Waals surface area contributed by atoms with Gasteiger partial charge in [-0.1, -0.05) is 24.3 Å². The summed E-state index contributed by atoms with van der Waals surface area (Å²) in [6.07, 6.45) is 3.03. The topological polar surface area (TPSA) is 23.5 Å². The minimum atomic E-state index is -0.247. The van der Waals surface area contributed by atoms with Crippen LogP contribution < -0.4 is 0 Å². The molecule has 17 heavy (non-hydrogen) atoms. The minimum Gasteiger partial charge on any atom is -0.393 e. The largest absolute Gasteiger partial charge is 0.393 e. The van der Waals surface area contributed by atoms with Crippen LogP contribution in [0.3, 0.4) is 0 Å². The normalized spacial score (nSPS) is 20.4. The van der Waals surface area contributed by atoms with E-state index in [9.17, 15) is 5.11 Å². The standard InChI is InChI=1S/C15H23NO/c1-12(17)10-13-4-3-5-15(11-13)14-6-8-16(2)9-7-14/h3-5,11-12,14,17H,6-10H2,1-2H3. The van der Waals surface area contributed by atoms with E-state index in [0.717, 1.165) is 6.42 Å². The van der Waals surface area contributed by atoms with Gasteiger partial charge in [-0.15, -0.1) is 0 Å². The molecule has 0 aliphatic carbocycles. The Morgan fingerprint density at radius 3 is 2.71 bits per heavy atom. The summed E-state index contributed by atoms with van der Waals surface area (Å²) in [5.41, 5.74) is 2.72. The van der Waals surface area contributed by atoms with E-state index in [1.54, 1.807) is 0 Å². The Morgan fingerprint density at radius 2 is 2.06 bits per heavy atom. The Balaban J connectivity index is 2.05. The number of aliphatic hydroxyl groups is 1. The van der Waals surface area contributed by atoms with Gasteiger partial charge >= 0.3 is 0 Å². The number of aliphatic hydroxyl groups excluding tert-OH is 1. The fourth-order valence-electron chi connectivity index (χ4n) is 2.66. The number of nitrogens with zero attached hydrogens (tertiary/aromatic N) is 1. The monoisotopic (exact) mass is 233 g/mol. The van der Waals surface area contributed by atoms with Crippen molar-refractivity contribution in [1.82, 2.24) is 4.90 Å². The molecule has 1 aromatic rings. The van der Waals surface area contributed by atoms with Crippen LogP contribution in [0.15, 0.2) is 24.3 Å². The molecule has 1 aromatic carbocycles. The Hall–Kier alpha value is -0.860. The SMILES string of the molecule is CC(O)Cc1cccc(C2CCN(C)CC2)c1. The smallest absolute Gasteiger partial charge is 0.0552 e. The van der Waals surface area contributed by atoms with E-state index in [4.69, 9.17) is 0 Å². The molecule has 1 atom stereocenters. The lowest BCUT2D eigenvalue weighted by molar-refractivity contribution is 0.195. The van der Waals surface area contributed by atoms with Crippen LogP contribution in [0.1, 0.15) is 36.8 Å². The zero-order valence-corrected chi connectivity index (χ0v) is 10.9. The van der Waals surface area contributed by atoms with Gasteiger partial charge in [0.1, 0.15) is 0 Å². The van der Waals surface area contributed by atoms with Gasteiger partial charge in [0.25, 0.3) is 0 Å². The van der Waals surface area contributed by atoms with Crippen molar-refractivity contribution in [3.63, 3.8) is 0 Å². The molecule has 2 nitrogen and oxygen atoms in total. The highest BCUT2D eigenvalue weighted by atomic mass is 16.3. The fraction of sp³-hybridized carbons (Fsp3) is 0.600. The lowest BCUT2D eigenvalue weighted by atomic mass is 9.88. The molecular weight excluding hydrogens is 210 g/mol. The van der Waals surface area contributed by atoms with Gasteiger partial charge in [0.15, 0.2) is 0 Å². The van der Waals surface area contributed by atoms with E-state index in [1.807, 2.05) is 6.92 Å². The summed E-state index contributed by atoms with van der Waals surface area (Å²) in [6.45, 7) is 4.25. The second kappa shape index (κ2) is 5.65. The summed E-state index contributed by atoms with van der Waals surface area (Å²) in [4.78, 5) is 2.40. The van der Waals surface area contributed by atoms with Crippen LogP contribution in [-0.2, 0) is 6.42 Å². The summed E-state index contributed by atoms with van der Waals surface area (Å²) in [6, 6.07) is 8.76. The number of hydrogen-bond acceptors (Lipinski definition) is 2. The van der Waals surface area contributed by atoms with Crippen LogP contribution >= 0.6 is 0 Å². The van der Waals surface area contributed by atoms with E-state index in [0.29, 0.717) is 5.92 Å². The lowest BCUT2D eigenvalue weighted by Gasteiger charge is -2.29. The Bertz CT molecular complexity index is 354. The molecule has 2 rings (SSSR count). The molecule has 0 saturated carbocycles. The lowest BCUT2D eigenvalue weighted by Crippen LogP contribution is -2.29. The van der Waals surface area contributed by atoms with E-state index >= 15 is 0 Å². The molecule has 0 bridgehead atoms. The van der Waals surface area contributed by atoms with Crippen LogP contribution in [0.4, 0.5) is 0 Å². The molecule has 1 N–H and O–H groups in total. The average molecular weight is 233 g/mol. The van der Waals surface area contributed by atoms with Crippen molar-refractivity contribution < 1.29 is 5.11 Å². The fourth-order valence-corrected chi connectivity index (χ4v) is 2.66. The zero-order valence-electron chi connectivity index (χ0n) is 10.9. The molecule has 0 radical (unpaired) electrons. The first-order chi connectivity index (χ1) is 8.15. The molecule has 1 saturated heterocycles. The van der Waals surface area contributed by atoms with Crippen molar-refractivity contribution in [2.75, 3.05) is 20.1 Å². The van der Waals surface area contributed by atoms with Crippen molar-refractivity contribution in [3.05, 3.63) is 35.4 Å². The van der Waals surface area contributed by atoms with Gasteiger partial charge in [-0.2, -0.15) is 0 Å². The number of hydrogen-bond donors (Lipinski definition) is 1. The third kappa shape index (κ3) is 3.55. The van der Waals surface area contributed by atoms with Gasteiger partial charge in [-0.25, -0.2) is 0 Å². The van der Waals surface area contributed by atoms with Gasteiger partial charge in [-0.3, -0.25) is 0 Å². The molecule has 94 valence electrons. The van der Waals surface area contributed by atoms with Gasteiger partial charge in [0, 0.05) is 0 Å². The van der Waals surface area contributed by atoms with Crippen molar-refractivity contribution in [2.45, 2.75) is 38.2 Å². The first-order valence-electron chi connectivity index (χ1n) is 6.60. The summed E-state index contributed by atoms with van der Waals surface area (Å²) in [7, 11) is 2.19. The highest BCUT2D eigenvalue weighted by Gasteiger charge is 2.18. The highest BCUT2D eigenvalue weighted by Crippen LogP contribution is 2.28. The van der Waals surface area contributed by atoms with E-state index < -0.39 is 0 Å². The number of rotatable bonds is 3. The molecule has 0 spiro atoms. The second-order valence-electron chi connectivity index (χ2n) is 5.38. The average Bonchev–Trinajstić information content (AvgIpc) is 2.29. The van der Waals surface area contributed by atoms with Crippen LogP contribution in [0.2, 0.25) is 0 Å². The Kier molecular flexibility index (Phi) is 4.19. The summed E-state index contributed by atoms with van der Waals surface area (Å²) in [5, 5.41) is 9.44. The van der Waals surface area contributed by atoms with Crippen LogP contribution in [0.5, 0.6) is 0 Å². The maximum absolute atomic E-state index is 9.44. The zero-order chi connectivity index (χ0) is 12.3. The molecule has 2 heteroatoms. The number of piperidine rings is 1. The number of benzene rings is 1. The van der Waals surface area contributed by atoms with Crippen LogP contribution in [0, 0.1) is 0 Å². The van der Waals surface area contributed by atoms with Crippen molar-refractivity contribution >= 4 is 0 Å². The van der Waals surface area contributed by atoms with Crippen molar-refractivity contribution in [1.29, 1.82) is 0 Å². The molecular formula is C15H23NO. The second-order valence-corrected chi connectivity index (χ2v) is 5.38. The van der Waals surface area contributed by atoms with Gasteiger partial charge in [0.2, 0.25) is 0 Å². The predicted octanol–water partition coefficient (Wildman–Crippen LogP) is 2.42. The van der Waals surface area contributed by atoms with Crippen LogP contribution in [-0.4, -0.2) is 36.2 Å². The molecule has 0 amide bonds. The van der Waals surface area contributed by atoms with Crippen LogP contribution in [0.25, 0.3) is 0 Å². The highest BCUT2D eigenvalue weighted by molar-refractivity contribution is 5.27. The first kappa shape index (κ1) is 12.6. The Morgan fingerprint density at radius 1 is 1.35 bits per heavy atom. The first-order valence-corrected chi connectivity index (χ1v) is 6.60. The minimum absolute atomic E-state index is 0.247. The maximum atomic E-state index is 9.44. The number of likely N-dealkylation sites (tertiary alicyclic amines) is 1. The Labute approximate surface area is 104 Å². The van der Waals surface area contributed by atoms with E-state index in [2.05, 4.69) is 36.2 Å². The molecule has 1 heterocycles. The molecule has 1 unspecified atom stereocenters. The maximum Gasteiger partial charge on any atom is 0.0552 e. The molecule has 1 fully saturated rings. The van der Waals surface area contributed by atoms with E-state index in [1.165, 1.54) is 37.1 Å². The quantitative estimate of drug-likeness (QED) is 0.866. The van der Waals surface area contributed by atoms with Gasteiger partial charge in [0.05, 0.1) is 6.10 Å². The molecule has 1 aliphatic rings. The van der Waals surface area contributed by atoms with E-state index in [-0.39, 0.29) is 6.10 Å². The summed E-state index contributed by atoms with van der Waals surface area (Å²) in [5.74, 6) is 0.708. The third-order valence-electron chi connectivity index (χ3n) is 3.67. The molecule has 1 aliphatic heterocycles. The summed E-state index contributed by atoms with van der Waals surface area (Å²) >= 11 is 0. The molecule has 0 aromatic heterocycles. The van der Waals surface area contributed by atoms with Gasteiger partial charge < -0.3 is 10.0 Å². The van der Waals surface area contributed by atoms with Crippen molar-refractivity contribution in [2.24, 2.45) is 0 Å². The summed E-state index contributed by atoms with van der Waals surface area (Å²) < 4.78 is 0. The van der Waals surface area contributed by atoms with Crippen molar-refractivity contribution in [3.8, 4) is 0 Å².